The molecule has 0 saturated heterocycles. The molecule has 10 heteroatoms. The minimum Gasteiger partial charge on any atom is -0.264 e. The summed E-state index contributed by atoms with van der Waals surface area (Å²) in [6.07, 6.45) is -1.66. The zero-order valence-electron chi connectivity index (χ0n) is 13.8. The van der Waals surface area contributed by atoms with Gasteiger partial charge in [0.05, 0.1) is 0 Å². The Morgan fingerprint density at radius 1 is 0.818 bits per heavy atom. The summed E-state index contributed by atoms with van der Waals surface area (Å²) in [6.45, 7) is 8.56. The van der Waals surface area contributed by atoms with Crippen molar-refractivity contribution in [3.8, 4) is 0 Å². The third-order valence-corrected chi connectivity index (χ3v) is 3.69. The topological polar surface area (TPSA) is 125 Å². The summed E-state index contributed by atoms with van der Waals surface area (Å²) in [5, 5.41) is 21.8. The van der Waals surface area contributed by atoms with E-state index >= 15 is 0 Å². The molecule has 128 valence electrons. The number of hydrogen-bond donors (Lipinski definition) is 0. The van der Waals surface area contributed by atoms with Gasteiger partial charge in [-0.2, -0.15) is 9.68 Å². The highest BCUT2D eigenvalue weighted by atomic mass is 17.0. The Morgan fingerprint density at radius 3 is 1.27 bits per heavy atom. The lowest BCUT2D eigenvalue weighted by atomic mass is 9.96. The van der Waals surface area contributed by atoms with Gasteiger partial charge in [0.2, 0.25) is 12.2 Å². The van der Waals surface area contributed by atoms with Crippen LogP contribution in [0.1, 0.15) is 54.4 Å². The molecular formula is C12H24N3O7+. The Hall–Kier alpha value is -2.00. The van der Waals surface area contributed by atoms with Gasteiger partial charge in [0.15, 0.2) is 0 Å². The van der Waals surface area contributed by atoms with Crippen molar-refractivity contribution in [2.24, 2.45) is 0 Å². The smallest absolute Gasteiger partial charge is 0.264 e. The molecule has 0 aliphatic rings. The van der Waals surface area contributed by atoms with Crippen molar-refractivity contribution in [1.29, 1.82) is 0 Å². The first kappa shape index (κ1) is 20.0. The SMILES string of the molecule is CCC(O[N+](=O)OC(CC)C(C)(C)[N+](=O)[O-])C(C)(C)[N+](=O)[O-]. The van der Waals surface area contributed by atoms with Crippen molar-refractivity contribution in [3.05, 3.63) is 25.1 Å². The van der Waals surface area contributed by atoms with Gasteiger partial charge < -0.3 is 0 Å². The molecular weight excluding hydrogens is 298 g/mol. The maximum absolute atomic E-state index is 11.7. The molecule has 0 aliphatic heterocycles. The number of hydrogen-bond acceptors (Lipinski definition) is 7. The largest absolute Gasteiger partial charge is 0.478 e. The normalized spacial score (nSPS) is 14.8. The van der Waals surface area contributed by atoms with E-state index in [1.165, 1.54) is 27.7 Å². The fraction of sp³-hybridized carbons (Fsp3) is 1.00. The molecule has 0 amide bonds. The molecule has 0 aromatic heterocycles. The van der Waals surface area contributed by atoms with Gasteiger partial charge >= 0.3 is 5.09 Å². The van der Waals surface area contributed by atoms with Gasteiger partial charge in [-0.15, -0.1) is 0 Å². The van der Waals surface area contributed by atoms with Crippen LogP contribution < -0.4 is 0 Å². The fourth-order valence-corrected chi connectivity index (χ4v) is 1.87. The van der Waals surface area contributed by atoms with Crippen LogP contribution >= 0.6 is 0 Å². The molecule has 0 fully saturated rings. The number of nitro groups is 2. The Labute approximate surface area is 128 Å². The summed E-state index contributed by atoms with van der Waals surface area (Å²) >= 11 is 0. The average Bonchev–Trinajstić information content (AvgIpc) is 2.41. The van der Waals surface area contributed by atoms with E-state index < -0.39 is 33.1 Å². The third-order valence-electron chi connectivity index (χ3n) is 3.69. The summed E-state index contributed by atoms with van der Waals surface area (Å²) in [4.78, 5) is 42.5. The lowest BCUT2D eigenvalue weighted by Gasteiger charge is -2.22. The first-order valence-corrected chi connectivity index (χ1v) is 7.00. The molecule has 0 rings (SSSR count). The zero-order valence-corrected chi connectivity index (χ0v) is 13.8. The first-order valence-electron chi connectivity index (χ1n) is 7.00. The second-order valence-corrected chi connectivity index (χ2v) is 6.05. The van der Waals surface area contributed by atoms with Gasteiger partial charge in [0, 0.05) is 37.5 Å². The maximum Gasteiger partial charge on any atom is 0.478 e. The van der Waals surface area contributed by atoms with Crippen LogP contribution in [0.5, 0.6) is 0 Å². The van der Waals surface area contributed by atoms with Gasteiger partial charge in [-0.1, -0.05) is 13.8 Å². The van der Waals surface area contributed by atoms with Crippen molar-refractivity contribution in [2.75, 3.05) is 0 Å². The van der Waals surface area contributed by atoms with E-state index in [1.807, 2.05) is 0 Å². The van der Waals surface area contributed by atoms with Crippen molar-refractivity contribution >= 4 is 0 Å². The Balaban J connectivity index is 4.99. The van der Waals surface area contributed by atoms with Crippen LogP contribution in [-0.4, -0.2) is 38.2 Å². The van der Waals surface area contributed by atoms with Crippen LogP contribution in [-0.2, 0) is 9.68 Å². The van der Waals surface area contributed by atoms with Crippen LogP contribution in [0.15, 0.2) is 0 Å². The molecule has 0 spiro atoms. The van der Waals surface area contributed by atoms with Gasteiger partial charge in [0.1, 0.15) is 4.91 Å². The third kappa shape index (κ3) is 4.50. The Bertz CT molecular complexity index is 398. The molecule has 0 aromatic carbocycles. The fourth-order valence-electron chi connectivity index (χ4n) is 1.87. The van der Waals surface area contributed by atoms with Crippen molar-refractivity contribution < 1.29 is 24.6 Å². The molecule has 2 unspecified atom stereocenters. The Morgan fingerprint density at radius 2 is 1.09 bits per heavy atom. The summed E-state index contributed by atoms with van der Waals surface area (Å²) in [7, 11) is 0. The summed E-state index contributed by atoms with van der Waals surface area (Å²) in [6, 6.07) is 0. The van der Waals surface area contributed by atoms with E-state index in [1.54, 1.807) is 13.8 Å². The molecule has 0 N–H and O–H groups in total. The lowest BCUT2D eigenvalue weighted by molar-refractivity contribution is -0.999. The van der Waals surface area contributed by atoms with Gasteiger partial charge in [-0.3, -0.25) is 20.2 Å². The second kappa shape index (κ2) is 7.32. The highest BCUT2D eigenvalue weighted by Crippen LogP contribution is 2.23. The standard InChI is InChI=1S/C12H24N3O7/c1-7-9(11(3,4)13(16)17)21-15(20)22-10(8-2)12(5,6)14(18)19/h9-10H,7-8H2,1-6H3/q+1. The predicted octanol–water partition coefficient (Wildman–Crippen LogP) is 2.30. The monoisotopic (exact) mass is 322 g/mol. The molecule has 0 bridgehead atoms. The highest BCUT2D eigenvalue weighted by Gasteiger charge is 2.50. The highest BCUT2D eigenvalue weighted by molar-refractivity contribution is 4.77. The molecule has 0 aromatic rings. The number of nitrogens with zero attached hydrogens (tertiary/aromatic N) is 3. The summed E-state index contributed by atoms with van der Waals surface area (Å²) in [5.74, 6) is 0. The summed E-state index contributed by atoms with van der Waals surface area (Å²) in [5.41, 5.74) is -3.00. The number of rotatable bonds is 10. The van der Waals surface area contributed by atoms with Crippen LogP contribution in [0.25, 0.3) is 0 Å². The zero-order chi connectivity index (χ0) is 17.7. The average molecular weight is 322 g/mol. The molecule has 0 saturated carbocycles. The molecule has 2 atom stereocenters. The molecule has 22 heavy (non-hydrogen) atoms. The van der Waals surface area contributed by atoms with E-state index in [-0.39, 0.29) is 17.9 Å². The van der Waals surface area contributed by atoms with E-state index in [2.05, 4.69) is 0 Å². The molecule has 0 radical (unpaired) electrons. The molecule has 0 aliphatic carbocycles. The van der Waals surface area contributed by atoms with Crippen LogP contribution in [0.2, 0.25) is 0 Å². The van der Waals surface area contributed by atoms with E-state index in [0.29, 0.717) is 0 Å². The quantitative estimate of drug-likeness (QED) is 0.446. The molecule has 10 nitrogen and oxygen atoms in total. The van der Waals surface area contributed by atoms with Crippen molar-refractivity contribution in [2.45, 2.75) is 77.7 Å². The molecule has 0 heterocycles. The lowest BCUT2D eigenvalue weighted by Crippen LogP contribution is -2.49. The van der Waals surface area contributed by atoms with Crippen LogP contribution in [0.4, 0.5) is 0 Å². The van der Waals surface area contributed by atoms with Crippen molar-refractivity contribution in [1.82, 2.24) is 0 Å². The van der Waals surface area contributed by atoms with Crippen LogP contribution in [0.3, 0.4) is 0 Å². The van der Waals surface area contributed by atoms with E-state index in [4.69, 9.17) is 9.68 Å². The minimum absolute atomic E-state index is 0.200. The van der Waals surface area contributed by atoms with Gasteiger partial charge in [0.25, 0.3) is 11.1 Å². The van der Waals surface area contributed by atoms with E-state index in [9.17, 15) is 25.1 Å². The predicted molar refractivity (Wildman–Crippen MR) is 76.1 cm³/mol. The first-order chi connectivity index (χ1) is 9.91. The van der Waals surface area contributed by atoms with Gasteiger partial charge in [-0.25, -0.2) is 0 Å². The van der Waals surface area contributed by atoms with Crippen molar-refractivity contribution in [3.63, 3.8) is 0 Å². The van der Waals surface area contributed by atoms with Crippen LogP contribution in [0, 0.1) is 25.1 Å². The summed E-state index contributed by atoms with van der Waals surface area (Å²) < 4.78 is 0. The minimum atomic E-state index is -1.50. The maximum atomic E-state index is 11.7. The Kier molecular flexibility index (Phi) is 6.65. The van der Waals surface area contributed by atoms with E-state index in [0.717, 1.165) is 0 Å². The van der Waals surface area contributed by atoms with Gasteiger partial charge in [-0.05, 0) is 12.8 Å². The second-order valence-electron chi connectivity index (χ2n) is 6.05.